The molecule has 1 aliphatic heterocycles. The third-order valence-corrected chi connectivity index (χ3v) is 5.69. The van der Waals surface area contributed by atoms with Gasteiger partial charge in [-0.3, -0.25) is 14.3 Å². The van der Waals surface area contributed by atoms with Gasteiger partial charge in [0, 0.05) is 43.8 Å². The number of hydrogen-bond donors (Lipinski definition) is 2. The van der Waals surface area contributed by atoms with Crippen LogP contribution in [0, 0.1) is 5.92 Å². The van der Waals surface area contributed by atoms with Gasteiger partial charge in [-0.1, -0.05) is 18.2 Å². The van der Waals surface area contributed by atoms with E-state index >= 15 is 0 Å². The van der Waals surface area contributed by atoms with Gasteiger partial charge in [0.1, 0.15) is 0 Å². The molecule has 158 valence electrons. The highest BCUT2D eigenvalue weighted by Gasteiger charge is 2.25. The lowest BCUT2D eigenvalue weighted by Gasteiger charge is -2.24. The minimum absolute atomic E-state index is 0.0598. The molecule has 0 spiro atoms. The van der Waals surface area contributed by atoms with Crippen LogP contribution in [-0.4, -0.2) is 38.7 Å². The normalized spacial score (nSPS) is 15.9. The Hall–Kier alpha value is -3.09. The van der Waals surface area contributed by atoms with E-state index in [0.29, 0.717) is 31.0 Å². The average Bonchev–Trinajstić information content (AvgIpc) is 3.34. The van der Waals surface area contributed by atoms with Crippen LogP contribution < -0.4 is 10.6 Å². The third kappa shape index (κ3) is 4.40. The summed E-state index contributed by atoms with van der Waals surface area (Å²) in [6, 6.07) is 10.4. The maximum atomic E-state index is 12.4. The summed E-state index contributed by atoms with van der Waals surface area (Å²) < 4.78 is 4.04. The highest BCUT2D eigenvalue weighted by Crippen LogP contribution is 2.23. The lowest BCUT2D eigenvalue weighted by molar-refractivity contribution is -0.121. The Balaban J connectivity index is 1.29. The summed E-state index contributed by atoms with van der Waals surface area (Å²) in [4.78, 5) is 24.8. The van der Waals surface area contributed by atoms with Gasteiger partial charge < -0.3 is 15.2 Å². The largest absolute Gasteiger partial charge is 0.356 e. The van der Waals surface area contributed by atoms with E-state index in [1.54, 1.807) is 6.20 Å². The summed E-state index contributed by atoms with van der Waals surface area (Å²) in [6.07, 6.45) is 5.84. The van der Waals surface area contributed by atoms with Crippen LogP contribution in [0.5, 0.6) is 0 Å². The predicted molar refractivity (Wildman–Crippen MR) is 116 cm³/mol. The van der Waals surface area contributed by atoms with Gasteiger partial charge in [0.25, 0.3) is 5.91 Å². The van der Waals surface area contributed by atoms with Gasteiger partial charge in [-0.05, 0) is 50.1 Å². The van der Waals surface area contributed by atoms with Crippen molar-refractivity contribution in [3.63, 3.8) is 0 Å². The highest BCUT2D eigenvalue weighted by atomic mass is 16.2. The lowest BCUT2D eigenvalue weighted by Crippen LogP contribution is -2.35. The number of fused-ring (bicyclic) bond motifs is 2. The zero-order valence-electron chi connectivity index (χ0n) is 17.6. The molecular weight excluding hydrogens is 378 g/mol. The molecule has 2 N–H and O–H groups in total. The molecule has 30 heavy (non-hydrogen) atoms. The molecule has 0 radical (unpaired) electrons. The second kappa shape index (κ2) is 8.73. The molecule has 3 aromatic rings. The number of carbonyl (C=O) groups is 2. The molecule has 0 fully saturated rings. The van der Waals surface area contributed by atoms with Crippen LogP contribution in [0.1, 0.15) is 42.7 Å². The van der Waals surface area contributed by atoms with Crippen molar-refractivity contribution in [3.05, 3.63) is 54.0 Å². The standard InChI is InChI=1S/C23H29N5O2/c1-16(2)26-23(30)19-15-25-28-12-7-17(13-21(19)28)14-24-22(29)9-11-27-10-8-18-5-3-4-6-20(18)27/h3-6,8,10,15-17H,7,9,11-14H2,1-2H3,(H,24,29)(H,26,30)/t17-/m1/s1. The van der Waals surface area contributed by atoms with Crippen LogP contribution in [0.2, 0.25) is 0 Å². The van der Waals surface area contributed by atoms with Gasteiger partial charge in [0.05, 0.1) is 17.5 Å². The summed E-state index contributed by atoms with van der Waals surface area (Å²) in [5, 5.41) is 11.6. The van der Waals surface area contributed by atoms with E-state index in [4.69, 9.17) is 0 Å². The molecule has 3 heterocycles. The van der Waals surface area contributed by atoms with Crippen molar-refractivity contribution in [2.75, 3.05) is 6.54 Å². The SMILES string of the molecule is CC(C)NC(=O)c1cnn2c1C[C@H](CNC(=O)CCn1ccc3ccccc31)CC2. The molecule has 0 unspecified atom stereocenters. The minimum atomic E-state index is -0.0742. The number of aromatic nitrogens is 3. The van der Waals surface area contributed by atoms with Gasteiger partial charge >= 0.3 is 0 Å². The van der Waals surface area contributed by atoms with E-state index < -0.39 is 0 Å². The fourth-order valence-corrected chi connectivity index (χ4v) is 4.11. The van der Waals surface area contributed by atoms with Gasteiger partial charge in [0.2, 0.25) is 5.91 Å². The first-order chi connectivity index (χ1) is 14.5. The van der Waals surface area contributed by atoms with Crippen LogP contribution >= 0.6 is 0 Å². The van der Waals surface area contributed by atoms with E-state index in [2.05, 4.69) is 38.5 Å². The molecular formula is C23H29N5O2. The molecule has 7 heteroatoms. The number of para-hydroxylation sites is 1. The number of amides is 2. The molecule has 0 bridgehead atoms. The first-order valence-corrected chi connectivity index (χ1v) is 10.7. The molecule has 2 amide bonds. The molecule has 7 nitrogen and oxygen atoms in total. The molecule has 0 aliphatic carbocycles. The molecule has 1 aromatic carbocycles. The summed E-state index contributed by atoms with van der Waals surface area (Å²) in [5.74, 6) is 0.302. The number of hydrogen-bond acceptors (Lipinski definition) is 3. The van der Waals surface area contributed by atoms with Crippen molar-refractivity contribution in [1.29, 1.82) is 0 Å². The second-order valence-electron chi connectivity index (χ2n) is 8.34. The predicted octanol–water partition coefficient (Wildman–Crippen LogP) is 2.74. The van der Waals surface area contributed by atoms with Crippen LogP contribution in [0.15, 0.2) is 42.7 Å². The number of nitrogens with one attached hydrogen (secondary N) is 2. The van der Waals surface area contributed by atoms with E-state index in [9.17, 15) is 9.59 Å². The van der Waals surface area contributed by atoms with Crippen molar-refractivity contribution in [1.82, 2.24) is 25.0 Å². The van der Waals surface area contributed by atoms with E-state index in [1.807, 2.05) is 36.9 Å². The maximum absolute atomic E-state index is 12.4. The van der Waals surface area contributed by atoms with Gasteiger partial charge in [-0.2, -0.15) is 5.10 Å². The Morgan fingerprint density at radius 3 is 2.90 bits per heavy atom. The lowest BCUT2D eigenvalue weighted by atomic mass is 9.94. The average molecular weight is 408 g/mol. The minimum Gasteiger partial charge on any atom is -0.356 e. The Kier molecular flexibility index (Phi) is 5.88. The van der Waals surface area contributed by atoms with Gasteiger partial charge in [-0.25, -0.2) is 0 Å². The first-order valence-electron chi connectivity index (χ1n) is 10.7. The Morgan fingerprint density at radius 1 is 1.23 bits per heavy atom. The summed E-state index contributed by atoms with van der Waals surface area (Å²) in [6.45, 7) is 5.96. The van der Waals surface area contributed by atoms with E-state index in [1.165, 1.54) is 5.39 Å². The Morgan fingerprint density at radius 2 is 2.07 bits per heavy atom. The summed E-state index contributed by atoms with van der Waals surface area (Å²) in [5.41, 5.74) is 2.77. The van der Waals surface area contributed by atoms with E-state index in [0.717, 1.165) is 30.6 Å². The summed E-state index contributed by atoms with van der Waals surface area (Å²) >= 11 is 0. The van der Waals surface area contributed by atoms with Crippen LogP contribution in [0.3, 0.4) is 0 Å². The third-order valence-electron chi connectivity index (χ3n) is 5.69. The van der Waals surface area contributed by atoms with Crippen molar-refractivity contribution in [2.45, 2.75) is 52.2 Å². The fraction of sp³-hybridized carbons (Fsp3) is 0.435. The maximum Gasteiger partial charge on any atom is 0.254 e. The number of nitrogens with zero attached hydrogens (tertiary/aromatic N) is 3. The molecule has 0 saturated heterocycles. The zero-order valence-corrected chi connectivity index (χ0v) is 17.6. The first kappa shape index (κ1) is 20.2. The van der Waals surface area contributed by atoms with Crippen molar-refractivity contribution < 1.29 is 9.59 Å². The van der Waals surface area contributed by atoms with Crippen molar-refractivity contribution >= 4 is 22.7 Å². The fourth-order valence-electron chi connectivity index (χ4n) is 4.11. The van der Waals surface area contributed by atoms with Gasteiger partial charge in [0.15, 0.2) is 0 Å². The van der Waals surface area contributed by atoms with Gasteiger partial charge in [-0.15, -0.1) is 0 Å². The Labute approximate surface area is 176 Å². The van der Waals surface area contributed by atoms with Crippen LogP contribution in [-0.2, 0) is 24.3 Å². The zero-order chi connectivity index (χ0) is 21.1. The Bertz CT molecular complexity index is 1050. The number of rotatable bonds is 7. The van der Waals surface area contributed by atoms with Crippen LogP contribution in [0.25, 0.3) is 10.9 Å². The molecule has 1 aliphatic rings. The number of benzene rings is 1. The quantitative estimate of drug-likeness (QED) is 0.632. The topological polar surface area (TPSA) is 81.0 Å². The molecule has 4 rings (SSSR count). The highest BCUT2D eigenvalue weighted by molar-refractivity contribution is 5.95. The number of aryl methyl sites for hydroxylation is 2. The van der Waals surface area contributed by atoms with Crippen molar-refractivity contribution in [3.8, 4) is 0 Å². The van der Waals surface area contributed by atoms with Crippen molar-refractivity contribution in [2.24, 2.45) is 5.92 Å². The smallest absolute Gasteiger partial charge is 0.254 e. The molecule has 1 atom stereocenters. The van der Waals surface area contributed by atoms with Crippen LogP contribution in [0.4, 0.5) is 0 Å². The van der Waals surface area contributed by atoms with E-state index in [-0.39, 0.29) is 17.9 Å². The molecule has 0 saturated carbocycles. The monoisotopic (exact) mass is 407 g/mol. The number of carbonyl (C=O) groups excluding carboxylic acids is 2. The second-order valence-corrected chi connectivity index (χ2v) is 8.34. The summed E-state index contributed by atoms with van der Waals surface area (Å²) in [7, 11) is 0. The molecule has 2 aromatic heterocycles.